The summed E-state index contributed by atoms with van der Waals surface area (Å²) in [6, 6.07) is 7.97. The van der Waals surface area contributed by atoms with Gasteiger partial charge in [-0.05, 0) is 59.0 Å². The second kappa shape index (κ2) is 7.37. The zero-order chi connectivity index (χ0) is 19.1. The van der Waals surface area contributed by atoms with Crippen LogP contribution in [0.4, 0.5) is 8.78 Å². The van der Waals surface area contributed by atoms with Gasteiger partial charge < -0.3 is 15.0 Å². The Morgan fingerprint density at radius 3 is 2.67 bits per heavy atom. The lowest BCUT2D eigenvalue weighted by Crippen LogP contribution is -2.47. The summed E-state index contributed by atoms with van der Waals surface area (Å²) < 4.78 is 55.6. The summed E-state index contributed by atoms with van der Waals surface area (Å²) in [6.07, 6.45) is -0.106. The van der Waals surface area contributed by atoms with E-state index in [9.17, 15) is 17.5 Å². The Morgan fingerprint density at radius 1 is 1.15 bits per heavy atom. The number of nitrogens with zero attached hydrogens (tertiary/aromatic N) is 1. The van der Waals surface area contributed by atoms with Crippen LogP contribution >= 0.6 is 0 Å². The lowest BCUT2D eigenvalue weighted by Gasteiger charge is -2.38. The Bertz CT molecular complexity index is 895. The van der Waals surface area contributed by atoms with Crippen molar-refractivity contribution in [2.45, 2.75) is 42.6 Å². The molecule has 1 saturated heterocycles. The van der Waals surface area contributed by atoms with Crippen LogP contribution in [0.15, 0.2) is 41.3 Å². The van der Waals surface area contributed by atoms with Crippen molar-refractivity contribution in [3.05, 3.63) is 64.7 Å². The van der Waals surface area contributed by atoms with Gasteiger partial charge in [0, 0.05) is 35.6 Å². The van der Waals surface area contributed by atoms with E-state index in [-0.39, 0.29) is 16.5 Å². The smallest absolute Gasteiger partial charge is 0.129 e. The van der Waals surface area contributed by atoms with E-state index in [1.54, 1.807) is 12.1 Å². The molecule has 2 N–H and O–H groups in total. The molecule has 1 fully saturated rings. The summed E-state index contributed by atoms with van der Waals surface area (Å²) >= 11 is -2.25. The monoisotopic (exact) mass is 393 g/mol. The van der Waals surface area contributed by atoms with Crippen molar-refractivity contribution in [2.75, 3.05) is 6.61 Å². The highest BCUT2D eigenvalue weighted by atomic mass is 32.2. The zero-order valence-corrected chi connectivity index (χ0v) is 15.3. The molecule has 2 aliphatic rings. The van der Waals surface area contributed by atoms with Gasteiger partial charge in [-0.25, -0.2) is 8.78 Å². The highest BCUT2D eigenvalue weighted by molar-refractivity contribution is 7.79. The SMILES string of the molecule is N[C@H]1C[C@@H](N2Cc3ccc(S(=O)[O-])cc3C2)CO[C@@H]1c1cc(F)ccc1F. The van der Waals surface area contributed by atoms with E-state index in [1.807, 2.05) is 6.07 Å². The number of hydrogen-bond donors (Lipinski definition) is 1. The molecule has 0 aliphatic carbocycles. The normalized spacial score (nSPS) is 26.7. The Labute approximate surface area is 158 Å². The summed E-state index contributed by atoms with van der Waals surface area (Å²) in [5.41, 5.74) is 8.44. The molecule has 2 aromatic rings. The predicted molar refractivity (Wildman–Crippen MR) is 94.3 cm³/mol. The van der Waals surface area contributed by atoms with Gasteiger partial charge in [0.2, 0.25) is 0 Å². The van der Waals surface area contributed by atoms with E-state index in [0.717, 1.165) is 29.3 Å². The second-order valence-electron chi connectivity index (χ2n) is 7.04. The zero-order valence-electron chi connectivity index (χ0n) is 14.4. The number of ether oxygens (including phenoxy) is 1. The maximum atomic E-state index is 14.0. The number of hydrogen-bond acceptors (Lipinski definition) is 5. The Kier molecular flexibility index (Phi) is 5.09. The summed E-state index contributed by atoms with van der Waals surface area (Å²) in [5.74, 6) is -1.05. The third-order valence-corrected chi connectivity index (χ3v) is 5.94. The third kappa shape index (κ3) is 3.68. The second-order valence-corrected chi connectivity index (χ2v) is 7.98. The molecule has 2 aliphatic heterocycles. The molecule has 4 atom stereocenters. The van der Waals surface area contributed by atoms with Gasteiger partial charge >= 0.3 is 0 Å². The predicted octanol–water partition coefficient (Wildman–Crippen LogP) is 2.38. The number of fused-ring (bicyclic) bond motifs is 1. The van der Waals surface area contributed by atoms with Crippen molar-refractivity contribution < 1.29 is 22.3 Å². The molecule has 27 heavy (non-hydrogen) atoms. The number of benzene rings is 2. The van der Waals surface area contributed by atoms with Crippen molar-refractivity contribution in [2.24, 2.45) is 5.73 Å². The van der Waals surface area contributed by atoms with Crippen molar-refractivity contribution in [1.29, 1.82) is 0 Å². The van der Waals surface area contributed by atoms with Gasteiger partial charge in [0.25, 0.3) is 0 Å². The van der Waals surface area contributed by atoms with E-state index in [4.69, 9.17) is 10.5 Å². The van der Waals surface area contributed by atoms with E-state index in [2.05, 4.69) is 4.90 Å². The number of rotatable bonds is 3. The maximum Gasteiger partial charge on any atom is 0.129 e. The fourth-order valence-corrected chi connectivity index (χ4v) is 4.33. The molecule has 0 bridgehead atoms. The molecule has 2 aromatic carbocycles. The van der Waals surface area contributed by atoms with E-state index >= 15 is 0 Å². The average molecular weight is 393 g/mol. The van der Waals surface area contributed by atoms with Crippen molar-refractivity contribution in [1.82, 2.24) is 4.90 Å². The van der Waals surface area contributed by atoms with Gasteiger partial charge in [-0.3, -0.25) is 9.11 Å². The maximum absolute atomic E-state index is 14.0. The quantitative estimate of drug-likeness (QED) is 0.810. The molecule has 0 radical (unpaired) electrons. The lowest BCUT2D eigenvalue weighted by atomic mass is 9.93. The molecule has 144 valence electrons. The molecule has 4 rings (SSSR count). The van der Waals surface area contributed by atoms with Crippen LogP contribution in [0.2, 0.25) is 0 Å². The molecule has 0 amide bonds. The van der Waals surface area contributed by atoms with Crippen LogP contribution in [-0.4, -0.2) is 32.4 Å². The highest BCUT2D eigenvalue weighted by Gasteiger charge is 2.36. The first-order chi connectivity index (χ1) is 12.9. The molecule has 1 unspecified atom stereocenters. The van der Waals surface area contributed by atoms with Crippen LogP contribution in [0.1, 0.15) is 29.2 Å². The Hall–Kier alpha value is -1.71. The molecule has 0 saturated carbocycles. The molecular formula is C19H19F2N2O3S-. The van der Waals surface area contributed by atoms with Gasteiger partial charge in [-0.1, -0.05) is 6.07 Å². The summed E-state index contributed by atoms with van der Waals surface area (Å²) in [4.78, 5) is 2.45. The highest BCUT2D eigenvalue weighted by Crippen LogP contribution is 2.34. The first-order valence-corrected chi connectivity index (χ1v) is 9.77. The molecule has 0 aromatic heterocycles. The van der Waals surface area contributed by atoms with Crippen LogP contribution in [0.3, 0.4) is 0 Å². The van der Waals surface area contributed by atoms with Crippen LogP contribution in [0.5, 0.6) is 0 Å². The fourth-order valence-electron chi connectivity index (χ4n) is 3.91. The summed E-state index contributed by atoms with van der Waals surface area (Å²) in [5, 5.41) is 0. The van der Waals surface area contributed by atoms with Gasteiger partial charge in [0.1, 0.15) is 17.7 Å². The van der Waals surface area contributed by atoms with Crippen LogP contribution in [0, 0.1) is 11.6 Å². The van der Waals surface area contributed by atoms with Gasteiger partial charge in [0.15, 0.2) is 0 Å². The first kappa shape index (κ1) is 18.6. The van der Waals surface area contributed by atoms with E-state index in [1.165, 1.54) is 0 Å². The van der Waals surface area contributed by atoms with Crippen LogP contribution < -0.4 is 5.73 Å². The molecule has 8 heteroatoms. The van der Waals surface area contributed by atoms with Crippen LogP contribution in [0.25, 0.3) is 0 Å². The minimum Gasteiger partial charge on any atom is -0.768 e. The van der Waals surface area contributed by atoms with Crippen molar-refractivity contribution >= 4 is 11.1 Å². The summed E-state index contributed by atoms with van der Waals surface area (Å²) in [7, 11) is 0. The molecule has 5 nitrogen and oxygen atoms in total. The lowest BCUT2D eigenvalue weighted by molar-refractivity contribution is -0.0531. The average Bonchev–Trinajstić information content (AvgIpc) is 3.07. The van der Waals surface area contributed by atoms with Gasteiger partial charge in [-0.15, -0.1) is 0 Å². The van der Waals surface area contributed by atoms with Gasteiger partial charge in [-0.2, -0.15) is 0 Å². The van der Waals surface area contributed by atoms with Gasteiger partial charge in [0.05, 0.1) is 6.61 Å². The number of halogens is 2. The summed E-state index contributed by atoms with van der Waals surface area (Å²) in [6.45, 7) is 1.64. The Balaban J connectivity index is 1.46. The minimum absolute atomic E-state index is 0.0291. The molecular weight excluding hydrogens is 374 g/mol. The number of nitrogens with two attached hydrogens (primary N) is 1. The minimum atomic E-state index is -2.25. The molecule has 2 heterocycles. The topological polar surface area (TPSA) is 78.6 Å². The Morgan fingerprint density at radius 2 is 1.93 bits per heavy atom. The van der Waals surface area contributed by atoms with Crippen molar-refractivity contribution in [3.63, 3.8) is 0 Å². The molecule has 0 spiro atoms. The third-order valence-electron chi connectivity index (χ3n) is 5.30. The van der Waals surface area contributed by atoms with Crippen molar-refractivity contribution in [3.8, 4) is 0 Å². The van der Waals surface area contributed by atoms with E-state index in [0.29, 0.717) is 26.1 Å². The first-order valence-electron chi connectivity index (χ1n) is 8.69. The standard InChI is InChI=1S/C19H20F2N2O3S/c20-13-2-4-17(21)16(6-13)19-18(22)7-14(10-26-19)23-8-11-1-3-15(27(24)25)5-12(11)9-23/h1-6,14,18-19H,7-10,22H2,(H,24,25)/p-1/t14-,18+,19-/m1/s1. The van der Waals surface area contributed by atoms with E-state index < -0.39 is 34.9 Å². The fraction of sp³-hybridized carbons (Fsp3) is 0.368. The van der Waals surface area contributed by atoms with Crippen LogP contribution in [-0.2, 0) is 28.9 Å². The largest absolute Gasteiger partial charge is 0.768 e.